The summed E-state index contributed by atoms with van der Waals surface area (Å²) in [4.78, 5) is 11.9. The first-order chi connectivity index (χ1) is 9.28. The van der Waals surface area contributed by atoms with Crippen LogP contribution in [0.4, 0.5) is 27.6 Å². The van der Waals surface area contributed by atoms with E-state index in [1.54, 1.807) is 5.32 Å². The lowest BCUT2D eigenvalue weighted by atomic mass is 9.88. The summed E-state index contributed by atoms with van der Waals surface area (Å²) < 4.78 is 65.7. The Balaban J connectivity index is 2.37. The molecule has 0 spiro atoms. The molecule has 1 fully saturated rings. The largest absolute Gasteiger partial charge is 0.320 e. The molecule has 2 N–H and O–H groups in total. The first kappa shape index (κ1) is 14.7. The molecule has 20 heavy (non-hydrogen) atoms. The molecule has 1 saturated heterocycles. The number of carbonyl (C=O) groups is 1. The van der Waals surface area contributed by atoms with Crippen LogP contribution in [0.2, 0.25) is 0 Å². The molecule has 1 aliphatic heterocycles. The lowest BCUT2D eigenvalue weighted by Crippen LogP contribution is -2.36. The van der Waals surface area contributed by atoms with E-state index in [9.17, 15) is 26.7 Å². The van der Waals surface area contributed by atoms with Crippen LogP contribution in [0.1, 0.15) is 13.3 Å². The van der Waals surface area contributed by atoms with Crippen LogP contribution in [0.15, 0.2) is 0 Å². The molecule has 0 saturated carbocycles. The van der Waals surface area contributed by atoms with E-state index in [0.717, 1.165) is 0 Å². The van der Waals surface area contributed by atoms with E-state index in [0.29, 0.717) is 13.0 Å². The monoisotopic (exact) mass is 294 g/mol. The number of halogens is 5. The van der Waals surface area contributed by atoms with Crippen molar-refractivity contribution in [2.75, 3.05) is 18.4 Å². The summed E-state index contributed by atoms with van der Waals surface area (Å²) >= 11 is 0. The van der Waals surface area contributed by atoms with Gasteiger partial charge in [-0.05, 0) is 19.9 Å². The molecule has 1 atom stereocenters. The highest BCUT2D eigenvalue weighted by Crippen LogP contribution is 2.31. The molecule has 0 bridgehead atoms. The van der Waals surface area contributed by atoms with Gasteiger partial charge in [0.15, 0.2) is 23.3 Å². The number of anilines is 1. The van der Waals surface area contributed by atoms with Gasteiger partial charge < -0.3 is 10.6 Å². The van der Waals surface area contributed by atoms with Gasteiger partial charge in [-0.15, -0.1) is 0 Å². The van der Waals surface area contributed by atoms with Gasteiger partial charge in [0.05, 0.1) is 5.41 Å². The van der Waals surface area contributed by atoms with Gasteiger partial charge in [0.25, 0.3) is 0 Å². The molecular formula is C12H11F5N2O. The van der Waals surface area contributed by atoms with Crippen LogP contribution in [-0.4, -0.2) is 19.0 Å². The van der Waals surface area contributed by atoms with Crippen molar-refractivity contribution in [1.82, 2.24) is 5.32 Å². The topological polar surface area (TPSA) is 41.1 Å². The molecule has 0 radical (unpaired) electrons. The van der Waals surface area contributed by atoms with Crippen LogP contribution in [-0.2, 0) is 4.79 Å². The van der Waals surface area contributed by atoms with E-state index in [2.05, 4.69) is 5.32 Å². The number of hydrogen-bond donors (Lipinski definition) is 2. The minimum absolute atomic E-state index is 0.258. The maximum atomic E-state index is 13.4. The Kier molecular flexibility index (Phi) is 3.68. The summed E-state index contributed by atoms with van der Waals surface area (Å²) in [5, 5.41) is 4.68. The molecule has 8 heteroatoms. The standard InChI is InChI=1S/C12H11F5N2O/c1-12(2-3-18-4-12)11(20)19-10-8(16)6(14)5(13)7(15)9(10)17/h18H,2-4H2,1H3,(H,19,20). The third-order valence-corrected chi connectivity index (χ3v) is 3.37. The van der Waals surface area contributed by atoms with Gasteiger partial charge in [-0.25, -0.2) is 22.0 Å². The van der Waals surface area contributed by atoms with Gasteiger partial charge in [-0.3, -0.25) is 4.79 Å². The van der Waals surface area contributed by atoms with Crippen LogP contribution < -0.4 is 10.6 Å². The van der Waals surface area contributed by atoms with Gasteiger partial charge in [-0.2, -0.15) is 0 Å². The highest BCUT2D eigenvalue weighted by atomic mass is 19.2. The number of nitrogens with one attached hydrogen (secondary N) is 2. The Labute approximate surface area is 111 Å². The Morgan fingerprint density at radius 1 is 1.05 bits per heavy atom. The molecule has 1 aromatic carbocycles. The predicted octanol–water partition coefficient (Wildman–Crippen LogP) is 2.32. The van der Waals surface area contributed by atoms with Crippen molar-refractivity contribution in [2.24, 2.45) is 5.41 Å². The SMILES string of the molecule is CC1(C(=O)Nc2c(F)c(F)c(F)c(F)c2F)CCNC1. The number of carbonyl (C=O) groups excluding carboxylic acids is 1. The Hall–Kier alpha value is -1.70. The molecule has 0 aromatic heterocycles. The summed E-state index contributed by atoms with van der Waals surface area (Å²) in [5.74, 6) is -11.3. The minimum Gasteiger partial charge on any atom is -0.320 e. The van der Waals surface area contributed by atoms with E-state index in [1.807, 2.05) is 0 Å². The van der Waals surface area contributed by atoms with E-state index in [-0.39, 0.29) is 6.54 Å². The van der Waals surface area contributed by atoms with Crippen LogP contribution >= 0.6 is 0 Å². The fourth-order valence-corrected chi connectivity index (χ4v) is 1.99. The lowest BCUT2D eigenvalue weighted by Gasteiger charge is -2.22. The molecular weight excluding hydrogens is 283 g/mol. The molecule has 1 heterocycles. The first-order valence-corrected chi connectivity index (χ1v) is 5.81. The van der Waals surface area contributed by atoms with E-state index >= 15 is 0 Å². The maximum absolute atomic E-state index is 13.4. The Morgan fingerprint density at radius 2 is 1.55 bits per heavy atom. The molecule has 110 valence electrons. The second-order valence-electron chi connectivity index (χ2n) is 4.89. The Morgan fingerprint density at radius 3 is 2.00 bits per heavy atom. The molecule has 0 aliphatic carbocycles. The highest BCUT2D eigenvalue weighted by Gasteiger charge is 2.38. The fraction of sp³-hybridized carbons (Fsp3) is 0.417. The maximum Gasteiger partial charge on any atom is 0.231 e. The average Bonchev–Trinajstić information content (AvgIpc) is 2.87. The molecule has 3 nitrogen and oxygen atoms in total. The second-order valence-corrected chi connectivity index (χ2v) is 4.89. The third-order valence-electron chi connectivity index (χ3n) is 3.37. The summed E-state index contributed by atoms with van der Waals surface area (Å²) in [7, 11) is 0. The zero-order chi connectivity index (χ0) is 15.1. The van der Waals surface area contributed by atoms with Crippen LogP contribution in [0.5, 0.6) is 0 Å². The van der Waals surface area contributed by atoms with Gasteiger partial charge in [0.2, 0.25) is 11.7 Å². The van der Waals surface area contributed by atoms with Gasteiger partial charge >= 0.3 is 0 Å². The fourth-order valence-electron chi connectivity index (χ4n) is 1.99. The van der Waals surface area contributed by atoms with E-state index in [1.165, 1.54) is 6.92 Å². The zero-order valence-electron chi connectivity index (χ0n) is 10.4. The average molecular weight is 294 g/mol. The molecule has 1 unspecified atom stereocenters. The van der Waals surface area contributed by atoms with Crippen molar-refractivity contribution >= 4 is 11.6 Å². The van der Waals surface area contributed by atoms with Crippen molar-refractivity contribution in [3.05, 3.63) is 29.1 Å². The predicted molar refractivity (Wildman–Crippen MR) is 60.5 cm³/mol. The highest BCUT2D eigenvalue weighted by molar-refractivity contribution is 5.95. The molecule has 1 amide bonds. The van der Waals surface area contributed by atoms with Crippen molar-refractivity contribution in [2.45, 2.75) is 13.3 Å². The lowest BCUT2D eigenvalue weighted by molar-refractivity contribution is -0.123. The van der Waals surface area contributed by atoms with E-state index in [4.69, 9.17) is 0 Å². The number of rotatable bonds is 2. The molecule has 2 rings (SSSR count). The quantitative estimate of drug-likeness (QED) is 0.499. The third kappa shape index (κ3) is 2.24. The van der Waals surface area contributed by atoms with Crippen LogP contribution in [0.25, 0.3) is 0 Å². The van der Waals surface area contributed by atoms with Crippen LogP contribution in [0.3, 0.4) is 0 Å². The first-order valence-electron chi connectivity index (χ1n) is 5.81. The summed E-state index contributed by atoms with van der Waals surface area (Å²) in [6.45, 7) is 2.32. The summed E-state index contributed by atoms with van der Waals surface area (Å²) in [6.07, 6.45) is 0.397. The van der Waals surface area contributed by atoms with Crippen molar-refractivity contribution < 1.29 is 26.7 Å². The minimum atomic E-state index is -2.26. The van der Waals surface area contributed by atoms with Gasteiger partial charge in [0, 0.05) is 6.54 Å². The van der Waals surface area contributed by atoms with Crippen molar-refractivity contribution in [3.63, 3.8) is 0 Å². The van der Waals surface area contributed by atoms with E-state index < -0.39 is 46.1 Å². The Bertz CT molecular complexity index is 540. The summed E-state index contributed by atoms with van der Waals surface area (Å²) in [5.41, 5.74) is -2.28. The smallest absolute Gasteiger partial charge is 0.231 e. The number of amides is 1. The normalized spacial score (nSPS) is 22.1. The summed E-state index contributed by atoms with van der Waals surface area (Å²) in [6, 6.07) is 0. The molecule has 1 aromatic rings. The molecule has 1 aliphatic rings. The van der Waals surface area contributed by atoms with Crippen molar-refractivity contribution in [3.8, 4) is 0 Å². The van der Waals surface area contributed by atoms with Gasteiger partial charge in [0.1, 0.15) is 5.69 Å². The second kappa shape index (κ2) is 5.01. The van der Waals surface area contributed by atoms with Crippen LogP contribution in [0, 0.1) is 34.5 Å². The number of hydrogen-bond acceptors (Lipinski definition) is 2. The van der Waals surface area contributed by atoms with Crippen molar-refractivity contribution in [1.29, 1.82) is 0 Å². The number of benzene rings is 1. The zero-order valence-corrected chi connectivity index (χ0v) is 10.4. The van der Waals surface area contributed by atoms with Gasteiger partial charge in [-0.1, -0.05) is 0 Å².